The number of nitro groups is 1. The number of esters is 1. The maximum atomic E-state index is 12.2. The lowest BCUT2D eigenvalue weighted by Crippen LogP contribution is -2.16. The van der Waals surface area contributed by atoms with Gasteiger partial charge in [-0.2, -0.15) is 0 Å². The van der Waals surface area contributed by atoms with E-state index >= 15 is 0 Å². The third kappa shape index (κ3) is 3.70. The molecule has 0 fully saturated rings. The molecule has 0 bridgehead atoms. The molecule has 10 nitrogen and oxygen atoms in total. The van der Waals surface area contributed by atoms with Gasteiger partial charge in [0, 0.05) is 6.08 Å². The van der Waals surface area contributed by atoms with E-state index in [2.05, 4.69) is 9.97 Å². The first-order valence-electron chi connectivity index (χ1n) is 8.88. The Bertz CT molecular complexity index is 1250. The van der Waals surface area contributed by atoms with Crippen LogP contribution in [-0.2, 0) is 9.53 Å². The molecule has 10 heteroatoms. The second kappa shape index (κ2) is 7.66. The number of nitrogens with zero attached hydrogens (tertiary/aromatic N) is 2. The number of ether oxygens (including phenoxy) is 3. The molecule has 30 heavy (non-hydrogen) atoms. The summed E-state index contributed by atoms with van der Waals surface area (Å²) in [5, 5.41) is 11.7. The highest BCUT2D eigenvalue weighted by molar-refractivity contribution is 5.88. The van der Waals surface area contributed by atoms with E-state index in [4.69, 9.17) is 14.2 Å². The Morgan fingerprint density at radius 2 is 2.03 bits per heavy atom. The smallest absolute Gasteiger partial charge is 0.331 e. The predicted octanol–water partition coefficient (Wildman–Crippen LogP) is 2.88. The molecule has 0 saturated heterocycles. The van der Waals surface area contributed by atoms with Gasteiger partial charge in [0.1, 0.15) is 0 Å². The van der Waals surface area contributed by atoms with E-state index in [1.165, 1.54) is 18.2 Å². The molecule has 1 aromatic heterocycles. The van der Waals surface area contributed by atoms with Crippen LogP contribution in [0.15, 0.2) is 47.3 Å². The summed E-state index contributed by atoms with van der Waals surface area (Å²) in [6.07, 6.45) is 1.47. The van der Waals surface area contributed by atoms with Crippen LogP contribution in [0.2, 0.25) is 0 Å². The maximum Gasteiger partial charge on any atom is 0.331 e. The van der Waals surface area contributed by atoms with Crippen LogP contribution in [0.25, 0.3) is 17.0 Å². The molecular weight excluding hydrogens is 394 g/mol. The molecule has 1 aliphatic rings. The molecule has 0 radical (unpaired) electrons. The normalized spacial score (nSPS) is 13.5. The van der Waals surface area contributed by atoms with E-state index in [0.717, 1.165) is 6.08 Å². The highest BCUT2D eigenvalue weighted by Crippen LogP contribution is 2.38. The van der Waals surface area contributed by atoms with Gasteiger partial charge >= 0.3 is 5.97 Å². The number of carbonyl (C=O) groups excluding carboxylic acids is 1. The van der Waals surface area contributed by atoms with E-state index in [0.29, 0.717) is 16.7 Å². The zero-order valence-electron chi connectivity index (χ0n) is 15.7. The van der Waals surface area contributed by atoms with Crippen molar-refractivity contribution in [3.8, 4) is 11.5 Å². The summed E-state index contributed by atoms with van der Waals surface area (Å²) < 4.78 is 15.6. The maximum absolute atomic E-state index is 12.2. The Labute approximate surface area is 168 Å². The fourth-order valence-electron chi connectivity index (χ4n) is 2.96. The van der Waals surface area contributed by atoms with Crippen LogP contribution >= 0.6 is 0 Å². The van der Waals surface area contributed by atoms with Gasteiger partial charge in [0.25, 0.3) is 11.2 Å². The summed E-state index contributed by atoms with van der Waals surface area (Å²) in [5.41, 5.74) is 0.0543. The minimum absolute atomic E-state index is 0.0316. The third-order valence-corrected chi connectivity index (χ3v) is 4.43. The van der Waals surface area contributed by atoms with E-state index in [1.54, 1.807) is 31.2 Å². The summed E-state index contributed by atoms with van der Waals surface area (Å²) in [6.45, 7) is 1.53. The monoisotopic (exact) mass is 409 g/mol. The molecule has 4 rings (SSSR count). The van der Waals surface area contributed by atoms with Gasteiger partial charge in [-0.3, -0.25) is 14.9 Å². The Hall–Kier alpha value is -4.21. The number of hydrogen-bond acceptors (Lipinski definition) is 8. The van der Waals surface area contributed by atoms with Crippen molar-refractivity contribution >= 4 is 28.6 Å². The minimum Gasteiger partial charge on any atom is -0.454 e. The first-order chi connectivity index (χ1) is 14.4. The first kappa shape index (κ1) is 19.1. The quantitative estimate of drug-likeness (QED) is 0.294. The van der Waals surface area contributed by atoms with E-state index in [-0.39, 0.29) is 35.2 Å². The number of H-pyrrole nitrogens is 1. The number of aromatic nitrogens is 2. The number of nitro benzene ring substituents is 1. The predicted molar refractivity (Wildman–Crippen MR) is 105 cm³/mol. The molecule has 2 aromatic carbocycles. The molecule has 0 unspecified atom stereocenters. The SMILES string of the molecule is C[C@@H](OC(=O)/C=C/c1cc2c(cc1[N+](=O)[O-])OCO2)c1nc2ccccc2c(=O)[nH]1. The van der Waals surface area contributed by atoms with Gasteiger partial charge in [-0.1, -0.05) is 12.1 Å². The highest BCUT2D eigenvalue weighted by Gasteiger charge is 2.22. The third-order valence-electron chi connectivity index (χ3n) is 4.43. The molecule has 3 aromatic rings. The zero-order chi connectivity index (χ0) is 21.3. The molecule has 0 amide bonds. The number of nitrogens with one attached hydrogen (secondary N) is 1. The molecule has 1 atom stereocenters. The molecule has 0 saturated carbocycles. The lowest BCUT2D eigenvalue weighted by Gasteiger charge is -2.11. The Morgan fingerprint density at radius 3 is 2.80 bits per heavy atom. The van der Waals surface area contributed by atoms with Crippen molar-refractivity contribution in [3.05, 3.63) is 74.3 Å². The average Bonchev–Trinajstić information content (AvgIpc) is 3.19. The molecule has 0 aliphatic carbocycles. The lowest BCUT2D eigenvalue weighted by atomic mass is 10.1. The number of hydrogen-bond donors (Lipinski definition) is 1. The van der Waals surface area contributed by atoms with Crippen LogP contribution in [0.4, 0.5) is 5.69 Å². The van der Waals surface area contributed by atoms with Crippen LogP contribution in [0.3, 0.4) is 0 Å². The molecular formula is C20H15N3O7. The fourth-order valence-corrected chi connectivity index (χ4v) is 2.96. The molecule has 1 N–H and O–H groups in total. The van der Waals surface area contributed by atoms with Gasteiger partial charge in [-0.05, 0) is 31.2 Å². The topological polar surface area (TPSA) is 134 Å². The van der Waals surface area contributed by atoms with Gasteiger partial charge in [0.2, 0.25) is 6.79 Å². The number of carbonyl (C=O) groups is 1. The van der Waals surface area contributed by atoms with E-state index < -0.39 is 17.0 Å². The van der Waals surface area contributed by atoms with Crippen molar-refractivity contribution in [3.63, 3.8) is 0 Å². The van der Waals surface area contributed by atoms with Crippen LogP contribution in [-0.4, -0.2) is 27.7 Å². The van der Waals surface area contributed by atoms with Crippen LogP contribution < -0.4 is 15.0 Å². The fraction of sp³-hybridized carbons (Fsp3) is 0.150. The van der Waals surface area contributed by atoms with Crippen LogP contribution in [0.1, 0.15) is 24.4 Å². The Balaban J connectivity index is 1.53. The standard InChI is InChI=1S/C20H15N3O7/c1-11(19-21-14-5-3-2-4-13(14)20(25)22-19)30-18(24)7-6-12-8-16-17(29-10-28-16)9-15(12)23(26)27/h2-9,11H,10H2,1H3,(H,21,22,25)/b7-6+/t11-/m1/s1. The summed E-state index contributed by atoms with van der Waals surface area (Å²) in [6, 6.07) is 9.44. The number of para-hydroxylation sites is 1. The molecule has 152 valence electrons. The largest absolute Gasteiger partial charge is 0.454 e. The van der Waals surface area contributed by atoms with Crippen molar-refractivity contribution in [2.45, 2.75) is 13.0 Å². The summed E-state index contributed by atoms with van der Waals surface area (Å²) >= 11 is 0. The second-order valence-electron chi connectivity index (χ2n) is 6.40. The summed E-state index contributed by atoms with van der Waals surface area (Å²) in [5.74, 6) is 0.0427. The average molecular weight is 409 g/mol. The number of rotatable bonds is 5. The number of aromatic amines is 1. The van der Waals surface area contributed by atoms with Gasteiger partial charge in [-0.15, -0.1) is 0 Å². The lowest BCUT2D eigenvalue weighted by molar-refractivity contribution is -0.385. The van der Waals surface area contributed by atoms with Crippen LogP contribution in [0, 0.1) is 10.1 Å². The van der Waals surface area contributed by atoms with Crippen molar-refractivity contribution < 1.29 is 23.9 Å². The highest BCUT2D eigenvalue weighted by atomic mass is 16.7. The van der Waals surface area contributed by atoms with Crippen LogP contribution in [0.5, 0.6) is 11.5 Å². The zero-order valence-corrected chi connectivity index (χ0v) is 15.7. The molecule has 0 spiro atoms. The summed E-state index contributed by atoms with van der Waals surface area (Å²) in [4.78, 5) is 42.0. The van der Waals surface area contributed by atoms with Crippen molar-refractivity contribution in [1.82, 2.24) is 9.97 Å². The van der Waals surface area contributed by atoms with Gasteiger partial charge in [0.15, 0.2) is 23.4 Å². The van der Waals surface area contributed by atoms with Gasteiger partial charge < -0.3 is 19.2 Å². The van der Waals surface area contributed by atoms with E-state index in [9.17, 15) is 19.7 Å². The molecule has 1 aliphatic heterocycles. The van der Waals surface area contributed by atoms with Gasteiger partial charge in [-0.25, -0.2) is 9.78 Å². The Kier molecular flexibility index (Phi) is 4.88. The van der Waals surface area contributed by atoms with Crippen molar-refractivity contribution in [1.29, 1.82) is 0 Å². The van der Waals surface area contributed by atoms with Gasteiger partial charge in [0.05, 0.1) is 27.5 Å². The van der Waals surface area contributed by atoms with Crippen molar-refractivity contribution in [2.75, 3.05) is 6.79 Å². The van der Waals surface area contributed by atoms with Crippen molar-refractivity contribution in [2.24, 2.45) is 0 Å². The number of fused-ring (bicyclic) bond motifs is 2. The summed E-state index contributed by atoms with van der Waals surface area (Å²) in [7, 11) is 0. The Morgan fingerprint density at radius 1 is 1.30 bits per heavy atom. The molecule has 2 heterocycles. The first-order valence-corrected chi connectivity index (χ1v) is 8.88. The van der Waals surface area contributed by atoms with E-state index in [1.807, 2.05) is 0 Å². The minimum atomic E-state index is -0.841. The second-order valence-corrected chi connectivity index (χ2v) is 6.40. The number of benzene rings is 2.